The number of phenols is 1. The van der Waals surface area contributed by atoms with Crippen molar-refractivity contribution in [1.29, 1.82) is 0 Å². The Hall–Kier alpha value is -2.48. The van der Waals surface area contributed by atoms with Crippen molar-refractivity contribution in [2.24, 2.45) is 0 Å². The van der Waals surface area contributed by atoms with Gasteiger partial charge in [0.2, 0.25) is 5.91 Å². The highest BCUT2D eigenvalue weighted by Crippen LogP contribution is 2.36. The van der Waals surface area contributed by atoms with Gasteiger partial charge in [-0.05, 0) is 43.7 Å². The van der Waals surface area contributed by atoms with Gasteiger partial charge < -0.3 is 14.7 Å². The molecule has 0 aliphatic carbocycles. The van der Waals surface area contributed by atoms with Crippen molar-refractivity contribution < 1.29 is 24.2 Å². The normalized spacial score (nSPS) is 15.4. The van der Waals surface area contributed by atoms with Gasteiger partial charge in [0.05, 0.1) is 11.5 Å². The van der Waals surface area contributed by atoms with E-state index in [-0.39, 0.29) is 23.1 Å². The number of aromatic hydroxyl groups is 1. The number of hydrogen-bond acceptors (Lipinski definition) is 6. The number of benzene rings is 1. The lowest BCUT2D eigenvalue weighted by Crippen LogP contribution is -2.42. The summed E-state index contributed by atoms with van der Waals surface area (Å²) in [6.45, 7) is 7.06. The Labute approximate surface area is 169 Å². The molecule has 28 heavy (non-hydrogen) atoms. The van der Waals surface area contributed by atoms with Crippen LogP contribution in [0.3, 0.4) is 0 Å². The van der Waals surface area contributed by atoms with E-state index in [0.717, 1.165) is 29.5 Å². The van der Waals surface area contributed by atoms with E-state index in [9.17, 15) is 19.5 Å². The van der Waals surface area contributed by atoms with Gasteiger partial charge in [-0.3, -0.25) is 19.3 Å². The zero-order chi connectivity index (χ0) is 20.7. The Bertz CT molecular complexity index is 772. The third-order valence-electron chi connectivity index (χ3n) is 4.12. The first-order valence-corrected chi connectivity index (χ1v) is 10.2. The van der Waals surface area contributed by atoms with E-state index in [1.165, 1.54) is 6.08 Å². The summed E-state index contributed by atoms with van der Waals surface area (Å²) in [7, 11) is 0. The number of imide groups is 1. The fourth-order valence-electron chi connectivity index (χ4n) is 2.84. The van der Waals surface area contributed by atoms with E-state index >= 15 is 0 Å². The van der Waals surface area contributed by atoms with Gasteiger partial charge in [-0.2, -0.15) is 0 Å². The monoisotopic (exact) mass is 406 g/mol. The Kier molecular flexibility index (Phi) is 7.92. The second-order valence-electron chi connectivity index (χ2n) is 6.28. The summed E-state index contributed by atoms with van der Waals surface area (Å²) in [5.74, 6) is -0.560. The van der Waals surface area contributed by atoms with Crippen molar-refractivity contribution in [2.45, 2.75) is 33.6 Å². The molecule has 7 nitrogen and oxygen atoms in total. The van der Waals surface area contributed by atoms with Gasteiger partial charge in [-0.1, -0.05) is 26.0 Å². The predicted octanol–water partition coefficient (Wildman–Crippen LogP) is 3.48. The van der Waals surface area contributed by atoms with Crippen molar-refractivity contribution in [3.63, 3.8) is 0 Å². The number of phenolic OH excluding ortho intramolecular Hbond substituents is 1. The third kappa shape index (κ3) is 5.07. The first-order chi connectivity index (χ1) is 13.4. The van der Waals surface area contributed by atoms with Crippen LogP contribution in [0.25, 0.3) is 6.08 Å². The Morgan fingerprint density at radius 3 is 2.50 bits per heavy atom. The van der Waals surface area contributed by atoms with E-state index in [1.54, 1.807) is 30.0 Å². The molecule has 0 spiro atoms. The van der Waals surface area contributed by atoms with Crippen LogP contribution in [-0.2, 0) is 9.59 Å². The first-order valence-electron chi connectivity index (χ1n) is 9.40. The molecule has 1 N–H and O–H groups in total. The number of carbonyl (C=O) groups excluding carboxylic acids is 3. The quantitative estimate of drug-likeness (QED) is 0.632. The van der Waals surface area contributed by atoms with E-state index in [1.807, 2.05) is 13.8 Å². The van der Waals surface area contributed by atoms with Gasteiger partial charge in [0.25, 0.3) is 11.1 Å². The fraction of sp³-hybridized carbons (Fsp3) is 0.450. The number of carbonyl (C=O) groups is 3. The number of nitrogens with zero attached hydrogens (tertiary/aromatic N) is 2. The van der Waals surface area contributed by atoms with Gasteiger partial charge in [-0.25, -0.2) is 0 Å². The molecule has 1 aliphatic heterocycles. The van der Waals surface area contributed by atoms with Crippen molar-refractivity contribution in [3.05, 3.63) is 28.7 Å². The maximum Gasteiger partial charge on any atom is 0.294 e. The van der Waals surface area contributed by atoms with Gasteiger partial charge in [-0.15, -0.1) is 0 Å². The first kappa shape index (κ1) is 21.8. The molecule has 3 amide bonds. The molecule has 2 rings (SSSR count). The van der Waals surface area contributed by atoms with Gasteiger partial charge in [0.1, 0.15) is 6.54 Å². The lowest BCUT2D eigenvalue weighted by Gasteiger charge is -2.23. The molecule has 1 heterocycles. The molecule has 1 aliphatic rings. The van der Waals surface area contributed by atoms with Gasteiger partial charge in [0, 0.05) is 18.7 Å². The molecular weight excluding hydrogens is 380 g/mol. The summed E-state index contributed by atoms with van der Waals surface area (Å²) < 4.78 is 5.34. The minimum absolute atomic E-state index is 0.0932. The second kappa shape index (κ2) is 10.2. The second-order valence-corrected chi connectivity index (χ2v) is 7.27. The van der Waals surface area contributed by atoms with Crippen molar-refractivity contribution in [3.8, 4) is 11.5 Å². The van der Waals surface area contributed by atoms with Crippen LogP contribution >= 0.6 is 11.8 Å². The molecule has 0 unspecified atom stereocenters. The lowest BCUT2D eigenvalue weighted by molar-refractivity contribution is -0.135. The molecule has 152 valence electrons. The van der Waals surface area contributed by atoms with E-state index in [2.05, 4.69) is 0 Å². The summed E-state index contributed by atoms with van der Waals surface area (Å²) in [5, 5.41) is 9.80. The summed E-state index contributed by atoms with van der Waals surface area (Å²) >= 11 is 0.761. The standard InChI is InChI=1S/C20H26N2O5S/c1-4-10-21(11-5-2)17(23)13-22-19(25)16(28-20(22)26)12-14-8-7-9-15(18(14)24)27-6-3/h7-9,12,24H,4-6,10-11,13H2,1-3H3/b16-12-. The highest BCUT2D eigenvalue weighted by molar-refractivity contribution is 8.18. The van der Waals surface area contributed by atoms with Gasteiger partial charge in [0.15, 0.2) is 11.5 Å². The number of thioether (sulfide) groups is 1. The zero-order valence-electron chi connectivity index (χ0n) is 16.4. The molecule has 8 heteroatoms. The van der Waals surface area contributed by atoms with Crippen LogP contribution < -0.4 is 4.74 Å². The number of amides is 3. The van der Waals surface area contributed by atoms with Crippen LogP contribution in [0.4, 0.5) is 4.79 Å². The molecule has 1 aromatic rings. The summed E-state index contributed by atoms with van der Waals surface area (Å²) in [6.07, 6.45) is 3.06. The van der Waals surface area contributed by atoms with Crippen LogP contribution in [0.15, 0.2) is 23.1 Å². The Balaban J connectivity index is 2.18. The molecule has 1 saturated heterocycles. The average Bonchev–Trinajstić information content (AvgIpc) is 2.92. The van der Waals surface area contributed by atoms with Crippen molar-refractivity contribution in [2.75, 3.05) is 26.2 Å². The molecule has 0 bridgehead atoms. The Morgan fingerprint density at radius 2 is 1.89 bits per heavy atom. The highest BCUT2D eigenvalue weighted by Gasteiger charge is 2.37. The van der Waals surface area contributed by atoms with Crippen molar-refractivity contribution >= 4 is 34.9 Å². The fourth-order valence-corrected chi connectivity index (χ4v) is 3.67. The molecular formula is C20H26N2O5S. The predicted molar refractivity (Wildman–Crippen MR) is 109 cm³/mol. The van der Waals surface area contributed by atoms with Crippen LogP contribution in [0, 0.1) is 0 Å². The maximum absolute atomic E-state index is 12.6. The van der Waals surface area contributed by atoms with Crippen LogP contribution in [-0.4, -0.2) is 58.2 Å². The molecule has 0 atom stereocenters. The van der Waals surface area contributed by atoms with E-state index < -0.39 is 11.1 Å². The number of para-hydroxylation sites is 1. The van der Waals surface area contributed by atoms with Crippen LogP contribution in [0.5, 0.6) is 11.5 Å². The topological polar surface area (TPSA) is 87.2 Å². The van der Waals surface area contributed by atoms with E-state index in [4.69, 9.17) is 4.74 Å². The minimum Gasteiger partial charge on any atom is -0.504 e. The van der Waals surface area contributed by atoms with Gasteiger partial charge >= 0.3 is 0 Å². The number of rotatable bonds is 9. The molecule has 0 radical (unpaired) electrons. The SMILES string of the molecule is CCCN(CCC)C(=O)CN1C(=O)S/C(=C\c2cccc(OCC)c2O)C1=O. The maximum atomic E-state index is 12.6. The van der Waals surface area contributed by atoms with Crippen LogP contribution in [0.2, 0.25) is 0 Å². The molecule has 0 aromatic heterocycles. The zero-order valence-corrected chi connectivity index (χ0v) is 17.3. The smallest absolute Gasteiger partial charge is 0.294 e. The number of ether oxygens (including phenoxy) is 1. The molecule has 1 fully saturated rings. The molecule has 0 saturated carbocycles. The van der Waals surface area contributed by atoms with E-state index in [0.29, 0.717) is 31.0 Å². The number of hydrogen-bond donors (Lipinski definition) is 1. The minimum atomic E-state index is -0.530. The summed E-state index contributed by atoms with van der Waals surface area (Å²) in [4.78, 5) is 40.2. The lowest BCUT2D eigenvalue weighted by atomic mass is 10.1. The molecule has 1 aromatic carbocycles. The largest absolute Gasteiger partial charge is 0.504 e. The summed E-state index contributed by atoms with van der Waals surface area (Å²) in [5.41, 5.74) is 0.376. The highest BCUT2D eigenvalue weighted by atomic mass is 32.2. The summed E-state index contributed by atoms with van der Waals surface area (Å²) in [6, 6.07) is 4.94. The average molecular weight is 407 g/mol. The Morgan fingerprint density at radius 1 is 1.21 bits per heavy atom. The van der Waals surface area contributed by atoms with Crippen molar-refractivity contribution in [1.82, 2.24) is 9.80 Å². The third-order valence-corrected chi connectivity index (χ3v) is 5.03. The van der Waals surface area contributed by atoms with Crippen LogP contribution in [0.1, 0.15) is 39.2 Å².